The minimum Gasteiger partial charge on any atom is -0.476 e. The van der Waals surface area contributed by atoms with Gasteiger partial charge in [0.05, 0.1) is 17.8 Å². The molecule has 1 aliphatic rings. The Balaban J connectivity index is 2.16. The maximum absolute atomic E-state index is 13.9. The Kier molecular flexibility index (Phi) is 5.10. The molecule has 0 aromatic carbocycles. The number of nitrogens with zero attached hydrogens (tertiary/aromatic N) is 3. The largest absolute Gasteiger partial charge is 0.476 e. The minimum atomic E-state index is -4.81. The van der Waals surface area contributed by atoms with Crippen LogP contribution >= 0.6 is 0 Å². The fourth-order valence-electron chi connectivity index (χ4n) is 3.09. The summed E-state index contributed by atoms with van der Waals surface area (Å²) >= 11 is 0. The van der Waals surface area contributed by atoms with E-state index in [4.69, 9.17) is 4.74 Å². The second-order valence-electron chi connectivity index (χ2n) is 8.15. The Morgan fingerprint density at radius 2 is 1.90 bits per heavy atom. The standard InChI is InChI=1S/C19H22F3N3O4/c1-9-14(17(27)28)24-25(18(2,3)4)16(9)29-12-8-23-7-11(13(12)19(20,21)22)15(26)10-5-6-10/h7-8,10,15,26H,5-6H2,1-4H3,(H,27,28). The SMILES string of the molecule is Cc1c(C(=O)O)nn(C(C)(C)C)c1Oc1cncc(C(O)C2CC2)c1C(F)(F)F. The van der Waals surface area contributed by atoms with Gasteiger partial charge >= 0.3 is 12.1 Å². The molecule has 1 aliphatic carbocycles. The van der Waals surface area contributed by atoms with E-state index < -0.39 is 35.1 Å². The number of alkyl halides is 3. The zero-order valence-electron chi connectivity index (χ0n) is 16.4. The fourth-order valence-corrected chi connectivity index (χ4v) is 3.09. The number of rotatable bonds is 5. The van der Waals surface area contributed by atoms with Gasteiger partial charge in [-0.25, -0.2) is 9.48 Å². The second-order valence-corrected chi connectivity index (χ2v) is 8.15. The Morgan fingerprint density at radius 1 is 1.28 bits per heavy atom. The molecule has 3 rings (SSSR count). The lowest BCUT2D eigenvalue weighted by molar-refractivity contribution is -0.140. The number of aromatic nitrogens is 3. The molecule has 10 heteroatoms. The first-order valence-corrected chi connectivity index (χ1v) is 9.06. The summed E-state index contributed by atoms with van der Waals surface area (Å²) in [6, 6.07) is 0. The Labute approximate surface area is 165 Å². The third kappa shape index (κ3) is 4.07. The normalized spacial score (nSPS) is 16.0. The second kappa shape index (κ2) is 7.01. The van der Waals surface area contributed by atoms with Gasteiger partial charge in [0, 0.05) is 17.3 Å². The van der Waals surface area contributed by atoms with Crippen molar-refractivity contribution in [2.45, 2.75) is 58.4 Å². The predicted molar refractivity (Wildman–Crippen MR) is 95.9 cm³/mol. The van der Waals surface area contributed by atoms with Crippen LogP contribution in [-0.2, 0) is 11.7 Å². The van der Waals surface area contributed by atoms with Crippen LogP contribution in [0.5, 0.6) is 11.6 Å². The zero-order chi connectivity index (χ0) is 21.7. The van der Waals surface area contributed by atoms with Crippen LogP contribution < -0.4 is 4.74 Å². The van der Waals surface area contributed by atoms with Gasteiger partial charge in [0.15, 0.2) is 11.4 Å². The summed E-state index contributed by atoms with van der Waals surface area (Å²) in [5.41, 5.74) is -2.45. The van der Waals surface area contributed by atoms with Gasteiger partial charge in [-0.3, -0.25) is 4.98 Å². The van der Waals surface area contributed by atoms with Crippen LogP contribution in [0.15, 0.2) is 12.4 Å². The lowest BCUT2D eigenvalue weighted by atomic mass is 10.0. The molecule has 2 aromatic heterocycles. The molecule has 2 N–H and O–H groups in total. The van der Waals surface area contributed by atoms with Crippen molar-refractivity contribution >= 4 is 5.97 Å². The van der Waals surface area contributed by atoms with E-state index in [1.54, 1.807) is 20.8 Å². The van der Waals surface area contributed by atoms with Gasteiger partial charge in [-0.05, 0) is 46.5 Å². The highest BCUT2D eigenvalue weighted by molar-refractivity contribution is 5.87. The summed E-state index contributed by atoms with van der Waals surface area (Å²) in [5.74, 6) is -2.29. The van der Waals surface area contributed by atoms with E-state index in [2.05, 4.69) is 10.1 Å². The van der Waals surface area contributed by atoms with Crippen LogP contribution in [0.1, 0.15) is 66.9 Å². The topological polar surface area (TPSA) is 97.5 Å². The number of carbonyl (C=O) groups is 1. The van der Waals surface area contributed by atoms with Crippen LogP contribution in [0.2, 0.25) is 0 Å². The third-order valence-corrected chi connectivity index (χ3v) is 4.72. The maximum atomic E-state index is 13.9. The predicted octanol–water partition coefficient (Wildman–Crippen LogP) is 4.29. The number of carboxylic acid groups (broad SMARTS) is 1. The first-order chi connectivity index (χ1) is 13.3. The first kappa shape index (κ1) is 21.1. The highest BCUT2D eigenvalue weighted by Gasteiger charge is 2.43. The number of hydrogen-bond donors (Lipinski definition) is 2. The van der Waals surface area contributed by atoms with Gasteiger partial charge in [0.2, 0.25) is 5.88 Å². The third-order valence-electron chi connectivity index (χ3n) is 4.72. The molecule has 158 valence electrons. The maximum Gasteiger partial charge on any atom is 0.420 e. The van der Waals surface area contributed by atoms with Crippen LogP contribution in [0.3, 0.4) is 0 Å². The monoisotopic (exact) mass is 413 g/mol. The van der Waals surface area contributed by atoms with E-state index in [9.17, 15) is 28.2 Å². The Bertz CT molecular complexity index is 943. The molecule has 1 unspecified atom stereocenters. The molecule has 7 nitrogen and oxygen atoms in total. The van der Waals surface area contributed by atoms with Gasteiger partial charge in [0.1, 0.15) is 5.56 Å². The van der Waals surface area contributed by atoms with Gasteiger partial charge in [-0.1, -0.05) is 0 Å². The number of hydrogen-bond acceptors (Lipinski definition) is 5. The fraction of sp³-hybridized carbons (Fsp3) is 0.526. The molecule has 0 spiro atoms. The molecule has 29 heavy (non-hydrogen) atoms. The van der Waals surface area contributed by atoms with Crippen LogP contribution in [-0.4, -0.2) is 30.9 Å². The van der Waals surface area contributed by atoms with Gasteiger partial charge < -0.3 is 14.9 Å². The van der Waals surface area contributed by atoms with E-state index in [1.807, 2.05) is 0 Å². The minimum absolute atomic E-state index is 0.0914. The molecule has 0 radical (unpaired) electrons. The highest BCUT2D eigenvalue weighted by atomic mass is 19.4. The van der Waals surface area contributed by atoms with Gasteiger partial charge in [-0.2, -0.15) is 18.3 Å². The van der Waals surface area contributed by atoms with E-state index in [0.717, 1.165) is 12.4 Å². The van der Waals surface area contributed by atoms with Crippen molar-refractivity contribution in [1.29, 1.82) is 0 Å². The smallest absolute Gasteiger partial charge is 0.420 e. The van der Waals surface area contributed by atoms with Crippen molar-refractivity contribution in [1.82, 2.24) is 14.8 Å². The molecule has 2 heterocycles. The molecule has 0 amide bonds. The van der Waals surface area contributed by atoms with Crippen molar-refractivity contribution in [3.63, 3.8) is 0 Å². The zero-order valence-corrected chi connectivity index (χ0v) is 16.4. The summed E-state index contributed by atoms with van der Waals surface area (Å²) in [5, 5.41) is 23.7. The van der Waals surface area contributed by atoms with Gasteiger partial charge in [-0.15, -0.1) is 0 Å². The van der Waals surface area contributed by atoms with Crippen molar-refractivity contribution in [2.24, 2.45) is 5.92 Å². The number of halogens is 3. The van der Waals surface area contributed by atoms with Gasteiger partial charge in [0.25, 0.3) is 0 Å². The first-order valence-electron chi connectivity index (χ1n) is 9.06. The Morgan fingerprint density at radius 3 is 2.38 bits per heavy atom. The van der Waals surface area contributed by atoms with Crippen molar-refractivity contribution in [3.05, 3.63) is 34.8 Å². The molecule has 0 saturated heterocycles. The Hall–Kier alpha value is -2.62. The molecule has 0 bridgehead atoms. The van der Waals surface area contributed by atoms with Crippen LogP contribution in [0.4, 0.5) is 13.2 Å². The molecule has 1 saturated carbocycles. The molecule has 1 atom stereocenters. The number of aliphatic hydroxyl groups is 1. The summed E-state index contributed by atoms with van der Waals surface area (Å²) in [4.78, 5) is 15.3. The van der Waals surface area contributed by atoms with Crippen LogP contribution in [0.25, 0.3) is 0 Å². The lowest BCUT2D eigenvalue weighted by Gasteiger charge is -2.24. The summed E-state index contributed by atoms with van der Waals surface area (Å²) < 4.78 is 48.5. The average Bonchev–Trinajstić information content (AvgIpc) is 3.37. The van der Waals surface area contributed by atoms with Crippen molar-refractivity contribution in [3.8, 4) is 11.6 Å². The number of pyridine rings is 1. The van der Waals surface area contributed by atoms with Crippen molar-refractivity contribution in [2.75, 3.05) is 0 Å². The van der Waals surface area contributed by atoms with E-state index in [-0.39, 0.29) is 28.6 Å². The molecule has 2 aromatic rings. The van der Waals surface area contributed by atoms with E-state index in [0.29, 0.717) is 12.8 Å². The van der Waals surface area contributed by atoms with E-state index in [1.165, 1.54) is 11.6 Å². The number of aliphatic hydroxyl groups excluding tert-OH is 1. The summed E-state index contributed by atoms with van der Waals surface area (Å²) in [7, 11) is 0. The molecular weight excluding hydrogens is 391 g/mol. The summed E-state index contributed by atoms with van der Waals surface area (Å²) in [6.07, 6.45) is -2.92. The average molecular weight is 413 g/mol. The molecular formula is C19H22F3N3O4. The van der Waals surface area contributed by atoms with Crippen molar-refractivity contribution < 1.29 is 32.9 Å². The lowest BCUT2D eigenvalue weighted by Crippen LogP contribution is -2.24. The molecule has 0 aliphatic heterocycles. The quantitative estimate of drug-likeness (QED) is 0.759. The van der Waals surface area contributed by atoms with E-state index >= 15 is 0 Å². The number of carboxylic acids is 1. The summed E-state index contributed by atoms with van der Waals surface area (Å²) in [6.45, 7) is 6.56. The number of aromatic carboxylic acids is 1. The number of ether oxygens (including phenoxy) is 1. The van der Waals surface area contributed by atoms with Crippen LogP contribution in [0, 0.1) is 12.8 Å². The highest BCUT2D eigenvalue weighted by Crippen LogP contribution is 2.48. The molecule has 1 fully saturated rings.